The normalized spacial score (nSPS) is 11.8. The Bertz CT molecular complexity index is 1000. The van der Waals surface area contributed by atoms with Crippen LogP contribution in [0.15, 0.2) is 60.7 Å². The van der Waals surface area contributed by atoms with Crippen LogP contribution in [0.3, 0.4) is 0 Å². The minimum atomic E-state index is -1.58. The highest BCUT2D eigenvalue weighted by Crippen LogP contribution is 2.32. The number of benzene rings is 3. The molecule has 3 rings (SSSR count). The molecule has 0 amide bonds. The predicted octanol–water partition coefficient (Wildman–Crippen LogP) is 5.23. The Morgan fingerprint density at radius 3 is 2.45 bits per heavy atom. The van der Waals surface area contributed by atoms with Crippen molar-refractivity contribution in [2.75, 3.05) is 18.4 Å². The second-order valence-electron chi connectivity index (χ2n) is 6.29. The summed E-state index contributed by atoms with van der Waals surface area (Å²) in [5, 5.41) is 1.57. The number of carbonyl (C=O) groups is 1. The number of hydrogen-bond donors (Lipinski definition) is 1. The van der Waals surface area contributed by atoms with Gasteiger partial charge in [0.15, 0.2) is 0 Å². The molecular formula is C22H23NO5S. The van der Waals surface area contributed by atoms with Crippen LogP contribution >= 0.6 is 0 Å². The molecular weight excluding hydrogens is 390 g/mol. The van der Waals surface area contributed by atoms with Crippen LogP contribution in [0.4, 0.5) is 5.69 Å². The van der Waals surface area contributed by atoms with Crippen LogP contribution in [0.1, 0.15) is 30.1 Å². The third-order valence-corrected chi connectivity index (χ3v) is 5.04. The molecule has 0 aliphatic carbocycles. The first-order valence-corrected chi connectivity index (χ1v) is 10.4. The number of unbranched alkanes of at least 4 members (excludes halogenated alkanes) is 1. The number of esters is 1. The van der Waals surface area contributed by atoms with Gasteiger partial charge in [-0.25, -0.2) is 9.00 Å². The minimum absolute atomic E-state index is 0.391. The fourth-order valence-corrected chi connectivity index (χ4v) is 3.44. The molecule has 0 radical (unpaired) electrons. The zero-order valence-electron chi connectivity index (χ0n) is 16.3. The van der Waals surface area contributed by atoms with Gasteiger partial charge in [0.05, 0.1) is 19.3 Å². The quantitative estimate of drug-likeness (QED) is 0.384. The molecule has 0 saturated heterocycles. The summed E-state index contributed by atoms with van der Waals surface area (Å²) < 4.78 is 30.7. The lowest BCUT2D eigenvalue weighted by Gasteiger charge is -2.12. The van der Waals surface area contributed by atoms with Crippen LogP contribution in [0.25, 0.3) is 10.8 Å². The van der Waals surface area contributed by atoms with E-state index in [0.29, 0.717) is 29.4 Å². The molecule has 0 fully saturated rings. The first-order valence-electron chi connectivity index (χ1n) is 9.32. The fourth-order valence-electron chi connectivity index (χ4n) is 2.78. The largest absolute Gasteiger partial charge is 0.465 e. The zero-order chi connectivity index (χ0) is 20.6. The predicted molar refractivity (Wildman–Crippen MR) is 114 cm³/mol. The van der Waals surface area contributed by atoms with E-state index in [0.717, 1.165) is 23.6 Å². The molecule has 152 valence electrons. The molecule has 0 spiro atoms. The lowest BCUT2D eigenvalue weighted by atomic mass is 10.0. The van der Waals surface area contributed by atoms with Crippen LogP contribution < -0.4 is 9.46 Å². The first kappa shape index (κ1) is 20.8. The number of methoxy groups -OCH3 is 1. The summed E-state index contributed by atoms with van der Waals surface area (Å²) in [5.41, 5.74) is 1.15. The summed E-state index contributed by atoms with van der Waals surface area (Å²) in [5.74, 6) is 0.849. The molecule has 1 atom stereocenters. The van der Waals surface area contributed by atoms with Gasteiger partial charge in [0.2, 0.25) is 0 Å². The summed E-state index contributed by atoms with van der Waals surface area (Å²) in [6.07, 6.45) is 1.85. The minimum Gasteiger partial charge on any atom is -0.465 e. The number of hydrogen-bond acceptors (Lipinski definition) is 5. The van der Waals surface area contributed by atoms with Gasteiger partial charge in [-0.1, -0.05) is 37.6 Å². The summed E-state index contributed by atoms with van der Waals surface area (Å²) >= 11 is -1.58. The van der Waals surface area contributed by atoms with Crippen molar-refractivity contribution >= 4 is 33.7 Å². The van der Waals surface area contributed by atoms with Crippen molar-refractivity contribution in [3.05, 3.63) is 66.2 Å². The van der Waals surface area contributed by atoms with E-state index < -0.39 is 17.2 Å². The molecule has 0 bridgehead atoms. The van der Waals surface area contributed by atoms with Gasteiger partial charge in [-0.2, -0.15) is 0 Å². The molecule has 0 aromatic heterocycles. The molecule has 0 aliphatic heterocycles. The topological polar surface area (TPSA) is 73.9 Å². The SMILES string of the molecule is CCCCOS(=O)Nc1ccc(Oc2cccc3c(C(=O)OC)cccc23)cc1. The molecule has 29 heavy (non-hydrogen) atoms. The van der Waals surface area contributed by atoms with Crippen LogP contribution in [0, 0.1) is 0 Å². The zero-order valence-corrected chi connectivity index (χ0v) is 17.2. The highest BCUT2D eigenvalue weighted by molar-refractivity contribution is 7.81. The summed E-state index contributed by atoms with van der Waals surface area (Å²) in [6, 6.07) is 18.0. The average molecular weight is 413 g/mol. The Balaban J connectivity index is 1.74. The molecule has 0 aliphatic rings. The van der Waals surface area contributed by atoms with Crippen molar-refractivity contribution in [1.82, 2.24) is 0 Å². The van der Waals surface area contributed by atoms with Crippen molar-refractivity contribution in [2.45, 2.75) is 19.8 Å². The number of carbonyl (C=O) groups excluding carboxylic acids is 1. The van der Waals surface area contributed by atoms with E-state index in [1.54, 1.807) is 36.4 Å². The monoisotopic (exact) mass is 413 g/mol. The van der Waals surface area contributed by atoms with E-state index in [9.17, 15) is 9.00 Å². The van der Waals surface area contributed by atoms with Crippen molar-refractivity contribution < 1.29 is 22.7 Å². The Kier molecular flexibility index (Phi) is 7.21. The van der Waals surface area contributed by atoms with Gasteiger partial charge in [-0.05, 0) is 48.2 Å². The first-order chi connectivity index (χ1) is 14.1. The van der Waals surface area contributed by atoms with Gasteiger partial charge < -0.3 is 9.47 Å². The number of nitrogens with one attached hydrogen (secondary N) is 1. The van der Waals surface area contributed by atoms with E-state index in [2.05, 4.69) is 4.72 Å². The molecule has 6 nitrogen and oxygen atoms in total. The second-order valence-corrected chi connectivity index (χ2v) is 7.20. The van der Waals surface area contributed by atoms with Gasteiger partial charge in [0.25, 0.3) is 11.3 Å². The van der Waals surface area contributed by atoms with Crippen LogP contribution in [0.2, 0.25) is 0 Å². The number of ether oxygens (including phenoxy) is 2. The van der Waals surface area contributed by atoms with Gasteiger partial charge in [-0.3, -0.25) is 8.91 Å². The van der Waals surface area contributed by atoms with E-state index >= 15 is 0 Å². The third kappa shape index (κ3) is 5.34. The van der Waals surface area contributed by atoms with E-state index in [-0.39, 0.29) is 0 Å². The van der Waals surface area contributed by atoms with Crippen LogP contribution in [-0.2, 0) is 20.2 Å². The molecule has 7 heteroatoms. The fraction of sp³-hybridized carbons (Fsp3) is 0.227. The molecule has 0 heterocycles. The standard InChI is InChI=1S/C22H23NO5S/c1-3-4-15-27-29(25)23-16-11-13-17(14-12-16)28-21-10-6-7-18-19(21)8-5-9-20(18)22(24)26-2/h5-14,23H,3-4,15H2,1-2H3. The number of anilines is 1. The molecule has 1 unspecified atom stereocenters. The van der Waals surface area contributed by atoms with Crippen LogP contribution in [0.5, 0.6) is 11.5 Å². The highest BCUT2D eigenvalue weighted by atomic mass is 32.2. The van der Waals surface area contributed by atoms with Crippen molar-refractivity contribution in [1.29, 1.82) is 0 Å². The maximum atomic E-state index is 12.0. The van der Waals surface area contributed by atoms with E-state index in [4.69, 9.17) is 13.7 Å². The van der Waals surface area contributed by atoms with Crippen molar-refractivity contribution in [3.8, 4) is 11.5 Å². The summed E-state index contributed by atoms with van der Waals surface area (Å²) in [6.45, 7) is 2.50. The van der Waals surface area contributed by atoms with Gasteiger partial charge in [0, 0.05) is 11.1 Å². The molecule has 1 N–H and O–H groups in total. The van der Waals surface area contributed by atoms with Crippen LogP contribution in [-0.4, -0.2) is 23.9 Å². The highest BCUT2D eigenvalue weighted by Gasteiger charge is 2.12. The smallest absolute Gasteiger partial charge is 0.338 e. The maximum absolute atomic E-state index is 12.0. The Labute approximate surface area is 172 Å². The lowest BCUT2D eigenvalue weighted by Crippen LogP contribution is -2.08. The molecule has 0 saturated carbocycles. The molecule has 3 aromatic carbocycles. The number of rotatable bonds is 9. The van der Waals surface area contributed by atoms with Crippen molar-refractivity contribution in [3.63, 3.8) is 0 Å². The Morgan fingerprint density at radius 2 is 1.72 bits per heavy atom. The van der Waals surface area contributed by atoms with Crippen molar-refractivity contribution in [2.24, 2.45) is 0 Å². The summed E-state index contributed by atoms with van der Waals surface area (Å²) in [7, 11) is 1.36. The third-order valence-electron chi connectivity index (χ3n) is 4.26. The maximum Gasteiger partial charge on any atom is 0.338 e. The molecule has 3 aromatic rings. The Hall–Kier alpha value is -2.90. The lowest BCUT2D eigenvalue weighted by molar-refractivity contribution is 0.0603. The van der Waals surface area contributed by atoms with Gasteiger partial charge in [-0.15, -0.1) is 0 Å². The van der Waals surface area contributed by atoms with E-state index in [1.807, 2.05) is 31.2 Å². The van der Waals surface area contributed by atoms with Gasteiger partial charge in [0.1, 0.15) is 11.5 Å². The van der Waals surface area contributed by atoms with Gasteiger partial charge >= 0.3 is 5.97 Å². The second kappa shape index (κ2) is 10.0. The number of fused-ring (bicyclic) bond motifs is 1. The average Bonchev–Trinajstić information content (AvgIpc) is 2.74. The Morgan fingerprint density at radius 1 is 1.00 bits per heavy atom. The summed E-state index contributed by atoms with van der Waals surface area (Å²) in [4.78, 5) is 12.0. The van der Waals surface area contributed by atoms with E-state index in [1.165, 1.54) is 7.11 Å².